The maximum atomic E-state index is 10.5. The van der Waals surface area contributed by atoms with Crippen LogP contribution in [-0.2, 0) is 9.53 Å². The first kappa shape index (κ1) is 13.0. The first-order chi connectivity index (χ1) is 8.00. The zero-order chi connectivity index (χ0) is 12.8. The molecular weight excluding hydrogens is 224 g/mol. The fourth-order valence-corrected chi connectivity index (χ4v) is 1.34. The van der Waals surface area contributed by atoms with E-state index in [1.807, 2.05) is 0 Å². The van der Waals surface area contributed by atoms with E-state index in [0.29, 0.717) is 6.54 Å². The van der Waals surface area contributed by atoms with Gasteiger partial charge in [-0.3, -0.25) is 14.9 Å². The van der Waals surface area contributed by atoms with E-state index in [9.17, 15) is 14.9 Å². The maximum Gasteiger partial charge on any atom is 0.302 e. The second-order valence-electron chi connectivity index (χ2n) is 3.52. The third-order valence-electron chi connectivity index (χ3n) is 2.14. The Bertz CT molecular complexity index is 431. The van der Waals surface area contributed by atoms with Crippen LogP contribution in [0.4, 0.5) is 11.4 Å². The van der Waals surface area contributed by atoms with Crippen molar-refractivity contribution in [2.75, 3.05) is 18.5 Å². The quantitative estimate of drug-likeness (QED) is 0.366. The van der Waals surface area contributed by atoms with Crippen LogP contribution >= 0.6 is 0 Å². The summed E-state index contributed by atoms with van der Waals surface area (Å²) < 4.78 is 4.76. The Hall–Kier alpha value is -2.11. The number of esters is 1. The number of hydrogen-bond acceptors (Lipinski definition) is 5. The second kappa shape index (κ2) is 5.83. The van der Waals surface area contributed by atoms with Crippen LogP contribution in [-0.4, -0.2) is 24.0 Å². The molecule has 0 atom stereocenters. The van der Waals surface area contributed by atoms with Gasteiger partial charge in [-0.1, -0.05) is 0 Å². The lowest BCUT2D eigenvalue weighted by Gasteiger charge is -2.09. The molecule has 1 N–H and O–H groups in total. The molecular formula is C11H14N2O4. The Morgan fingerprint density at radius 3 is 2.76 bits per heavy atom. The van der Waals surface area contributed by atoms with Crippen molar-refractivity contribution in [1.82, 2.24) is 0 Å². The fourth-order valence-electron chi connectivity index (χ4n) is 1.34. The topological polar surface area (TPSA) is 81.5 Å². The minimum Gasteiger partial charge on any atom is -0.464 e. The van der Waals surface area contributed by atoms with E-state index in [-0.39, 0.29) is 18.3 Å². The molecule has 0 spiro atoms. The largest absolute Gasteiger partial charge is 0.464 e. The van der Waals surface area contributed by atoms with E-state index in [0.717, 1.165) is 11.3 Å². The van der Waals surface area contributed by atoms with Crippen molar-refractivity contribution in [2.24, 2.45) is 0 Å². The van der Waals surface area contributed by atoms with Gasteiger partial charge in [-0.2, -0.15) is 0 Å². The van der Waals surface area contributed by atoms with Gasteiger partial charge < -0.3 is 10.1 Å². The highest BCUT2D eigenvalue weighted by Crippen LogP contribution is 2.20. The average molecular weight is 238 g/mol. The second-order valence-corrected chi connectivity index (χ2v) is 3.52. The summed E-state index contributed by atoms with van der Waals surface area (Å²) in [6.07, 6.45) is 0. The fraction of sp³-hybridized carbons (Fsp3) is 0.364. The van der Waals surface area contributed by atoms with Gasteiger partial charge in [0.2, 0.25) is 0 Å². The Balaban J connectivity index is 2.54. The smallest absolute Gasteiger partial charge is 0.302 e. The molecule has 1 rings (SSSR count). The number of nitro groups is 1. The van der Waals surface area contributed by atoms with Crippen LogP contribution in [0.1, 0.15) is 12.5 Å². The molecule has 0 heterocycles. The number of carbonyl (C=O) groups excluding carboxylic acids is 1. The van der Waals surface area contributed by atoms with Crippen LogP contribution in [0.2, 0.25) is 0 Å². The summed E-state index contributed by atoms with van der Waals surface area (Å²) in [5.74, 6) is -0.327. The van der Waals surface area contributed by atoms with Crippen molar-refractivity contribution in [3.05, 3.63) is 33.9 Å². The molecule has 17 heavy (non-hydrogen) atoms. The third kappa shape index (κ3) is 4.10. The number of benzene rings is 1. The molecule has 0 radical (unpaired) electrons. The summed E-state index contributed by atoms with van der Waals surface area (Å²) in [7, 11) is 0. The first-order valence-electron chi connectivity index (χ1n) is 5.13. The number of anilines is 1. The molecule has 0 aliphatic heterocycles. The minimum absolute atomic E-state index is 0.0630. The van der Waals surface area contributed by atoms with Crippen LogP contribution in [0.25, 0.3) is 0 Å². The van der Waals surface area contributed by atoms with Crippen LogP contribution in [0.5, 0.6) is 0 Å². The first-order valence-corrected chi connectivity index (χ1v) is 5.13. The Labute approximate surface area is 98.7 Å². The number of hydrogen-bond donors (Lipinski definition) is 1. The maximum absolute atomic E-state index is 10.5. The van der Waals surface area contributed by atoms with E-state index in [4.69, 9.17) is 4.74 Å². The molecule has 6 nitrogen and oxygen atoms in total. The third-order valence-corrected chi connectivity index (χ3v) is 2.14. The minimum atomic E-state index is -0.435. The Morgan fingerprint density at radius 1 is 1.53 bits per heavy atom. The van der Waals surface area contributed by atoms with Crippen molar-refractivity contribution in [2.45, 2.75) is 13.8 Å². The summed E-state index contributed by atoms with van der Waals surface area (Å²) in [6, 6.07) is 4.57. The van der Waals surface area contributed by atoms with Crippen LogP contribution < -0.4 is 5.32 Å². The van der Waals surface area contributed by atoms with Crippen LogP contribution in [0, 0.1) is 17.0 Å². The van der Waals surface area contributed by atoms with Crippen molar-refractivity contribution >= 4 is 17.3 Å². The molecule has 0 aliphatic rings. The standard InChI is InChI=1S/C11H14N2O4/c1-8-7-10(13(15)16)3-4-11(8)12-5-6-17-9(2)14/h3-4,7,12H,5-6H2,1-2H3. The molecule has 0 saturated carbocycles. The van der Waals surface area contributed by atoms with E-state index in [1.54, 1.807) is 13.0 Å². The van der Waals surface area contributed by atoms with Crippen molar-refractivity contribution in [1.29, 1.82) is 0 Å². The lowest BCUT2D eigenvalue weighted by molar-refractivity contribution is -0.384. The van der Waals surface area contributed by atoms with Gasteiger partial charge in [0.1, 0.15) is 6.61 Å². The predicted molar refractivity (Wildman–Crippen MR) is 63.0 cm³/mol. The van der Waals surface area contributed by atoms with E-state index < -0.39 is 4.92 Å². The summed E-state index contributed by atoms with van der Waals surface area (Å²) in [5.41, 5.74) is 1.64. The van der Waals surface area contributed by atoms with Crippen molar-refractivity contribution in [3.8, 4) is 0 Å². The van der Waals surface area contributed by atoms with Gasteiger partial charge in [-0.25, -0.2) is 0 Å². The number of non-ortho nitro benzene ring substituents is 1. The summed E-state index contributed by atoms with van der Waals surface area (Å²) in [4.78, 5) is 20.6. The molecule has 0 aliphatic carbocycles. The molecule has 6 heteroatoms. The zero-order valence-corrected chi connectivity index (χ0v) is 9.73. The number of ether oxygens (including phenoxy) is 1. The van der Waals surface area contributed by atoms with Gasteiger partial charge >= 0.3 is 5.97 Å². The predicted octanol–water partition coefficient (Wildman–Crippen LogP) is 1.88. The molecule has 0 fully saturated rings. The Morgan fingerprint density at radius 2 is 2.24 bits per heavy atom. The number of nitrogens with zero attached hydrogens (tertiary/aromatic N) is 1. The lowest BCUT2D eigenvalue weighted by Crippen LogP contribution is -2.12. The van der Waals surface area contributed by atoms with Gasteiger partial charge in [-0.05, 0) is 18.6 Å². The van der Waals surface area contributed by atoms with Crippen LogP contribution in [0.15, 0.2) is 18.2 Å². The van der Waals surface area contributed by atoms with Crippen molar-refractivity contribution in [3.63, 3.8) is 0 Å². The Kier molecular flexibility index (Phi) is 4.45. The molecule has 0 unspecified atom stereocenters. The summed E-state index contributed by atoms with van der Waals surface area (Å²) >= 11 is 0. The van der Waals surface area contributed by atoms with Gasteiger partial charge in [0.25, 0.3) is 5.69 Å². The number of rotatable bonds is 5. The monoisotopic (exact) mass is 238 g/mol. The van der Waals surface area contributed by atoms with Crippen LogP contribution in [0.3, 0.4) is 0 Å². The summed E-state index contributed by atoms with van der Waals surface area (Å²) in [6.45, 7) is 3.86. The highest BCUT2D eigenvalue weighted by atomic mass is 16.6. The SMILES string of the molecule is CC(=O)OCCNc1ccc([N+](=O)[O-])cc1C. The number of nitrogens with one attached hydrogen (secondary N) is 1. The highest BCUT2D eigenvalue weighted by molar-refractivity contribution is 5.66. The van der Waals surface area contributed by atoms with E-state index in [2.05, 4.69) is 5.32 Å². The molecule has 0 aromatic heterocycles. The molecule has 1 aromatic carbocycles. The molecule has 1 aromatic rings. The van der Waals surface area contributed by atoms with Gasteiger partial charge in [0, 0.05) is 31.3 Å². The molecule has 0 bridgehead atoms. The summed E-state index contributed by atoms with van der Waals surface area (Å²) in [5, 5.41) is 13.6. The number of aryl methyl sites for hydroxylation is 1. The average Bonchev–Trinajstić information content (AvgIpc) is 2.25. The molecule has 0 amide bonds. The van der Waals surface area contributed by atoms with Gasteiger partial charge in [0.15, 0.2) is 0 Å². The molecule has 92 valence electrons. The number of nitro benzene ring substituents is 1. The normalized spacial score (nSPS) is 9.76. The highest BCUT2D eigenvalue weighted by Gasteiger charge is 2.07. The van der Waals surface area contributed by atoms with Gasteiger partial charge in [0.05, 0.1) is 4.92 Å². The van der Waals surface area contributed by atoms with E-state index >= 15 is 0 Å². The van der Waals surface area contributed by atoms with E-state index in [1.165, 1.54) is 19.1 Å². The zero-order valence-electron chi connectivity index (χ0n) is 9.73. The number of carbonyl (C=O) groups is 1. The molecule has 0 saturated heterocycles. The lowest BCUT2D eigenvalue weighted by atomic mass is 10.2. The van der Waals surface area contributed by atoms with Gasteiger partial charge in [-0.15, -0.1) is 0 Å². The van der Waals surface area contributed by atoms with Crippen molar-refractivity contribution < 1.29 is 14.5 Å².